The molecular weight excluding hydrogens is 386 g/mol. The van der Waals surface area contributed by atoms with Crippen LogP contribution in [0.3, 0.4) is 0 Å². The first-order valence-electron chi connectivity index (χ1n) is 10.7. The summed E-state index contributed by atoms with van der Waals surface area (Å²) < 4.78 is 6.23. The van der Waals surface area contributed by atoms with Crippen LogP contribution in [0, 0.1) is 0 Å². The molecule has 0 spiro atoms. The van der Waals surface area contributed by atoms with Gasteiger partial charge in [0.05, 0.1) is 5.02 Å². The van der Waals surface area contributed by atoms with Crippen molar-refractivity contribution in [1.82, 2.24) is 20.2 Å². The van der Waals surface area contributed by atoms with E-state index in [9.17, 15) is 0 Å². The van der Waals surface area contributed by atoms with Crippen LogP contribution in [-0.4, -0.2) is 60.2 Å². The summed E-state index contributed by atoms with van der Waals surface area (Å²) in [4.78, 5) is 13.7. The van der Waals surface area contributed by atoms with Crippen molar-refractivity contribution >= 4 is 17.5 Å². The largest absolute Gasteiger partial charge is 0.489 e. The standard InChI is InChI=1S/C22H30ClN5O/c1-2-17-14-25-22(26-15-17)28-9-5-19(6-10-28)29-21-4-3-18(13-20(21)23)16-27-11-7-24-8-12-27/h3-4,13-15,19,24H,2,5-12,16H2,1H3. The molecule has 2 saturated heterocycles. The topological polar surface area (TPSA) is 53.5 Å². The number of anilines is 1. The number of hydrogen-bond acceptors (Lipinski definition) is 6. The summed E-state index contributed by atoms with van der Waals surface area (Å²) in [5, 5.41) is 4.09. The normalized spacial score (nSPS) is 18.8. The van der Waals surface area contributed by atoms with Crippen LogP contribution < -0.4 is 15.0 Å². The van der Waals surface area contributed by atoms with E-state index in [1.54, 1.807) is 0 Å². The monoisotopic (exact) mass is 415 g/mol. The van der Waals surface area contributed by atoms with Crippen molar-refractivity contribution in [3.05, 3.63) is 46.7 Å². The molecule has 6 nitrogen and oxygen atoms in total. The summed E-state index contributed by atoms with van der Waals surface area (Å²) in [5.74, 6) is 1.61. The molecule has 0 radical (unpaired) electrons. The average molecular weight is 416 g/mol. The first kappa shape index (κ1) is 20.4. The number of aromatic nitrogens is 2. The molecule has 1 N–H and O–H groups in total. The lowest BCUT2D eigenvalue weighted by molar-refractivity contribution is 0.170. The van der Waals surface area contributed by atoms with Gasteiger partial charge in [0.25, 0.3) is 0 Å². The van der Waals surface area contributed by atoms with Crippen LogP contribution in [0.5, 0.6) is 5.75 Å². The lowest BCUT2D eigenvalue weighted by Gasteiger charge is -2.32. The molecule has 0 saturated carbocycles. The van der Waals surface area contributed by atoms with Crippen LogP contribution in [0.4, 0.5) is 5.95 Å². The van der Waals surface area contributed by atoms with Gasteiger partial charge in [0.15, 0.2) is 0 Å². The number of rotatable bonds is 6. The highest BCUT2D eigenvalue weighted by molar-refractivity contribution is 6.32. The zero-order valence-electron chi connectivity index (χ0n) is 17.1. The van der Waals surface area contributed by atoms with Crippen molar-refractivity contribution in [3.8, 4) is 5.75 Å². The number of hydrogen-bond donors (Lipinski definition) is 1. The summed E-state index contributed by atoms with van der Waals surface area (Å²) in [6.45, 7) is 9.13. The highest BCUT2D eigenvalue weighted by Crippen LogP contribution is 2.29. The Bertz CT molecular complexity index is 786. The van der Waals surface area contributed by atoms with Gasteiger partial charge in [-0.1, -0.05) is 24.6 Å². The molecule has 0 amide bonds. The summed E-state index contributed by atoms with van der Waals surface area (Å²) in [5.41, 5.74) is 2.41. The molecule has 4 rings (SSSR count). The Morgan fingerprint density at radius 2 is 1.79 bits per heavy atom. The zero-order valence-corrected chi connectivity index (χ0v) is 17.9. The van der Waals surface area contributed by atoms with Gasteiger partial charge in [-0.3, -0.25) is 4.90 Å². The predicted octanol–water partition coefficient (Wildman–Crippen LogP) is 3.15. The minimum absolute atomic E-state index is 0.178. The van der Waals surface area contributed by atoms with Crippen molar-refractivity contribution < 1.29 is 4.74 Å². The fourth-order valence-corrected chi connectivity index (χ4v) is 4.16. The van der Waals surface area contributed by atoms with Gasteiger partial charge < -0.3 is 15.0 Å². The molecule has 2 aromatic rings. The van der Waals surface area contributed by atoms with Gasteiger partial charge in [0.1, 0.15) is 11.9 Å². The molecule has 0 bridgehead atoms. The Balaban J connectivity index is 1.29. The van der Waals surface area contributed by atoms with E-state index in [2.05, 4.69) is 44.1 Å². The van der Waals surface area contributed by atoms with Gasteiger partial charge in [-0.25, -0.2) is 9.97 Å². The van der Waals surface area contributed by atoms with Crippen molar-refractivity contribution in [1.29, 1.82) is 0 Å². The molecule has 2 aliphatic heterocycles. The van der Waals surface area contributed by atoms with Crippen molar-refractivity contribution in [3.63, 3.8) is 0 Å². The van der Waals surface area contributed by atoms with E-state index in [0.29, 0.717) is 5.02 Å². The third-order valence-electron chi connectivity index (χ3n) is 5.73. The summed E-state index contributed by atoms with van der Waals surface area (Å²) in [6, 6.07) is 6.22. The molecule has 29 heavy (non-hydrogen) atoms. The zero-order chi connectivity index (χ0) is 20.1. The maximum Gasteiger partial charge on any atom is 0.225 e. The van der Waals surface area contributed by atoms with Gasteiger partial charge in [-0.05, 0) is 29.7 Å². The Morgan fingerprint density at radius 1 is 1.07 bits per heavy atom. The maximum atomic E-state index is 6.53. The lowest BCUT2D eigenvalue weighted by Crippen LogP contribution is -2.42. The molecule has 0 aliphatic carbocycles. The fourth-order valence-electron chi connectivity index (χ4n) is 3.91. The summed E-state index contributed by atoms with van der Waals surface area (Å²) in [6.07, 6.45) is 6.87. The number of aryl methyl sites for hydroxylation is 1. The van der Waals surface area contributed by atoms with E-state index < -0.39 is 0 Å². The highest BCUT2D eigenvalue weighted by atomic mass is 35.5. The van der Waals surface area contributed by atoms with Crippen LogP contribution in [0.1, 0.15) is 30.9 Å². The van der Waals surface area contributed by atoms with E-state index >= 15 is 0 Å². The van der Waals surface area contributed by atoms with Crippen LogP contribution in [0.25, 0.3) is 0 Å². The number of nitrogens with one attached hydrogen (secondary N) is 1. The quantitative estimate of drug-likeness (QED) is 0.782. The molecule has 156 valence electrons. The minimum atomic E-state index is 0.178. The smallest absolute Gasteiger partial charge is 0.225 e. The van der Waals surface area contributed by atoms with E-state index in [0.717, 1.165) is 76.8 Å². The fraction of sp³-hybridized carbons (Fsp3) is 0.545. The molecule has 0 atom stereocenters. The van der Waals surface area contributed by atoms with Crippen molar-refractivity contribution in [2.45, 2.75) is 38.8 Å². The molecule has 7 heteroatoms. The number of piperazine rings is 1. The third kappa shape index (κ3) is 5.38. The average Bonchev–Trinajstić information content (AvgIpc) is 2.77. The first-order valence-corrected chi connectivity index (χ1v) is 11.0. The molecule has 0 unspecified atom stereocenters. The van der Waals surface area contributed by atoms with E-state index in [1.165, 1.54) is 11.1 Å². The van der Waals surface area contributed by atoms with Gasteiger partial charge in [0.2, 0.25) is 5.95 Å². The third-order valence-corrected chi connectivity index (χ3v) is 6.03. The first-order chi connectivity index (χ1) is 14.2. The second-order valence-corrected chi connectivity index (χ2v) is 8.25. The number of halogens is 1. The number of nitrogens with zero attached hydrogens (tertiary/aromatic N) is 4. The van der Waals surface area contributed by atoms with Gasteiger partial charge >= 0.3 is 0 Å². The number of benzene rings is 1. The van der Waals surface area contributed by atoms with E-state index in [4.69, 9.17) is 16.3 Å². The molecule has 3 heterocycles. The lowest BCUT2D eigenvalue weighted by atomic mass is 10.1. The Hall–Kier alpha value is -1.89. The summed E-state index contributed by atoms with van der Waals surface area (Å²) in [7, 11) is 0. The predicted molar refractivity (Wildman–Crippen MR) is 117 cm³/mol. The van der Waals surface area contributed by atoms with Crippen molar-refractivity contribution in [2.24, 2.45) is 0 Å². The maximum absolute atomic E-state index is 6.53. The molecule has 2 aliphatic rings. The Labute approximate surface area is 178 Å². The van der Waals surface area contributed by atoms with Crippen LogP contribution >= 0.6 is 11.6 Å². The van der Waals surface area contributed by atoms with Crippen LogP contribution in [0.2, 0.25) is 5.02 Å². The van der Waals surface area contributed by atoms with Gasteiger partial charge in [0, 0.05) is 71.0 Å². The molecular formula is C22H30ClN5O. The summed E-state index contributed by atoms with van der Waals surface area (Å²) >= 11 is 6.53. The second-order valence-electron chi connectivity index (χ2n) is 7.84. The highest BCUT2D eigenvalue weighted by Gasteiger charge is 2.23. The van der Waals surface area contributed by atoms with Gasteiger partial charge in [-0.15, -0.1) is 0 Å². The van der Waals surface area contributed by atoms with Gasteiger partial charge in [-0.2, -0.15) is 0 Å². The minimum Gasteiger partial charge on any atom is -0.489 e. The molecule has 1 aromatic carbocycles. The number of piperidine rings is 1. The second kappa shape index (κ2) is 9.74. The Kier molecular flexibility index (Phi) is 6.85. The van der Waals surface area contributed by atoms with Crippen LogP contribution in [0.15, 0.2) is 30.6 Å². The van der Waals surface area contributed by atoms with Crippen molar-refractivity contribution in [2.75, 3.05) is 44.2 Å². The number of ether oxygens (including phenoxy) is 1. The molecule has 1 aromatic heterocycles. The Morgan fingerprint density at radius 3 is 2.45 bits per heavy atom. The van der Waals surface area contributed by atoms with E-state index in [-0.39, 0.29) is 6.10 Å². The SMILES string of the molecule is CCc1cnc(N2CCC(Oc3ccc(CN4CCNCC4)cc3Cl)CC2)nc1. The molecule has 2 fully saturated rings. The van der Waals surface area contributed by atoms with Crippen LogP contribution in [-0.2, 0) is 13.0 Å². The van der Waals surface area contributed by atoms with E-state index in [1.807, 2.05) is 18.5 Å².